The van der Waals surface area contributed by atoms with Crippen molar-refractivity contribution in [2.45, 2.75) is 26.3 Å². The highest BCUT2D eigenvalue weighted by Crippen LogP contribution is 2.25. The largest absolute Gasteiger partial charge is 0.495 e. The predicted molar refractivity (Wildman–Crippen MR) is 82.0 cm³/mol. The molecule has 1 atom stereocenters. The second kappa shape index (κ2) is 8.07. The van der Waals surface area contributed by atoms with Crippen molar-refractivity contribution in [3.8, 4) is 5.75 Å². The van der Waals surface area contributed by atoms with Crippen molar-refractivity contribution >= 4 is 23.4 Å². The SMILES string of the molecule is COc1ccc(C)cc1NC(=O)CSCCC(C)N. The van der Waals surface area contributed by atoms with Crippen LogP contribution < -0.4 is 15.8 Å². The van der Waals surface area contributed by atoms with Gasteiger partial charge in [0.2, 0.25) is 5.91 Å². The lowest BCUT2D eigenvalue weighted by molar-refractivity contribution is -0.113. The number of rotatable bonds is 7. The molecule has 0 spiro atoms. The van der Waals surface area contributed by atoms with E-state index in [2.05, 4.69) is 5.32 Å². The first kappa shape index (κ1) is 15.9. The lowest BCUT2D eigenvalue weighted by Gasteiger charge is -2.11. The average molecular weight is 282 g/mol. The maximum Gasteiger partial charge on any atom is 0.234 e. The van der Waals surface area contributed by atoms with Crippen LogP contribution in [0.1, 0.15) is 18.9 Å². The Labute approximate surface area is 119 Å². The van der Waals surface area contributed by atoms with Gasteiger partial charge in [-0.3, -0.25) is 4.79 Å². The number of hydrogen-bond donors (Lipinski definition) is 2. The molecule has 19 heavy (non-hydrogen) atoms. The molecule has 1 rings (SSSR count). The third kappa shape index (κ3) is 5.98. The number of amides is 1. The number of benzene rings is 1. The van der Waals surface area contributed by atoms with Crippen molar-refractivity contribution in [3.05, 3.63) is 23.8 Å². The van der Waals surface area contributed by atoms with Gasteiger partial charge in [-0.2, -0.15) is 11.8 Å². The Morgan fingerprint density at radius 1 is 1.53 bits per heavy atom. The molecule has 0 bridgehead atoms. The van der Waals surface area contributed by atoms with E-state index in [1.807, 2.05) is 32.0 Å². The summed E-state index contributed by atoms with van der Waals surface area (Å²) in [5.41, 5.74) is 7.46. The number of carbonyl (C=O) groups excluding carboxylic acids is 1. The number of hydrogen-bond acceptors (Lipinski definition) is 4. The van der Waals surface area contributed by atoms with Gasteiger partial charge in [-0.25, -0.2) is 0 Å². The lowest BCUT2D eigenvalue weighted by Crippen LogP contribution is -2.18. The molecule has 0 aliphatic rings. The first-order chi connectivity index (χ1) is 9.02. The zero-order valence-corrected chi connectivity index (χ0v) is 12.5. The van der Waals surface area contributed by atoms with Gasteiger partial charge in [0.15, 0.2) is 0 Å². The van der Waals surface area contributed by atoms with Crippen molar-refractivity contribution < 1.29 is 9.53 Å². The number of anilines is 1. The average Bonchev–Trinajstić information content (AvgIpc) is 2.35. The van der Waals surface area contributed by atoms with Gasteiger partial charge in [-0.1, -0.05) is 6.07 Å². The molecule has 0 aromatic heterocycles. The summed E-state index contributed by atoms with van der Waals surface area (Å²) < 4.78 is 5.22. The fourth-order valence-electron chi connectivity index (χ4n) is 1.54. The number of carbonyl (C=O) groups is 1. The van der Waals surface area contributed by atoms with Crippen LogP contribution in [0.3, 0.4) is 0 Å². The third-order valence-corrected chi connectivity index (χ3v) is 3.57. The maximum absolute atomic E-state index is 11.8. The van der Waals surface area contributed by atoms with Crippen LogP contribution in [-0.4, -0.2) is 30.6 Å². The fourth-order valence-corrected chi connectivity index (χ4v) is 2.48. The molecular formula is C14H22N2O2S. The molecule has 1 aromatic rings. The fraction of sp³-hybridized carbons (Fsp3) is 0.500. The number of ether oxygens (including phenoxy) is 1. The predicted octanol–water partition coefficient (Wildman–Crippen LogP) is 2.41. The lowest BCUT2D eigenvalue weighted by atomic mass is 10.2. The van der Waals surface area contributed by atoms with Crippen LogP contribution in [0.15, 0.2) is 18.2 Å². The molecule has 1 unspecified atom stereocenters. The molecule has 0 heterocycles. The standard InChI is InChI=1S/C14H22N2O2S/c1-10-4-5-13(18-3)12(8-10)16-14(17)9-19-7-6-11(2)15/h4-5,8,11H,6-7,9,15H2,1-3H3,(H,16,17). The Morgan fingerprint density at radius 2 is 2.26 bits per heavy atom. The van der Waals surface area contributed by atoms with E-state index in [1.165, 1.54) is 0 Å². The van der Waals surface area contributed by atoms with Gasteiger partial charge in [0.25, 0.3) is 0 Å². The van der Waals surface area contributed by atoms with Gasteiger partial charge in [-0.15, -0.1) is 0 Å². The first-order valence-corrected chi connectivity index (χ1v) is 7.46. The van der Waals surface area contributed by atoms with Gasteiger partial charge in [0.1, 0.15) is 5.75 Å². The summed E-state index contributed by atoms with van der Waals surface area (Å²) in [5.74, 6) is 2.00. The Bertz CT molecular complexity index is 422. The maximum atomic E-state index is 11.8. The van der Waals surface area contributed by atoms with Crippen LogP contribution in [-0.2, 0) is 4.79 Å². The van der Waals surface area contributed by atoms with Crippen LogP contribution in [0.2, 0.25) is 0 Å². The molecule has 0 aliphatic heterocycles. The van der Waals surface area contributed by atoms with Crippen molar-refractivity contribution in [2.75, 3.05) is 23.9 Å². The Morgan fingerprint density at radius 3 is 2.89 bits per heavy atom. The number of thioether (sulfide) groups is 1. The minimum Gasteiger partial charge on any atom is -0.495 e. The summed E-state index contributed by atoms with van der Waals surface area (Å²) in [5, 5.41) is 2.87. The molecule has 0 radical (unpaired) electrons. The highest BCUT2D eigenvalue weighted by atomic mass is 32.2. The molecule has 1 amide bonds. The van der Waals surface area contributed by atoms with Gasteiger partial charge >= 0.3 is 0 Å². The summed E-state index contributed by atoms with van der Waals surface area (Å²) in [7, 11) is 1.59. The van der Waals surface area contributed by atoms with Crippen LogP contribution in [0.25, 0.3) is 0 Å². The third-order valence-electron chi connectivity index (χ3n) is 2.58. The van der Waals surface area contributed by atoms with E-state index in [-0.39, 0.29) is 11.9 Å². The molecule has 0 fully saturated rings. The number of methoxy groups -OCH3 is 1. The Hall–Kier alpha value is -1.20. The zero-order chi connectivity index (χ0) is 14.3. The summed E-state index contributed by atoms with van der Waals surface area (Å²) in [6.45, 7) is 3.95. The van der Waals surface area contributed by atoms with E-state index in [1.54, 1.807) is 18.9 Å². The highest BCUT2D eigenvalue weighted by molar-refractivity contribution is 7.99. The van der Waals surface area contributed by atoms with Gasteiger partial charge in [-0.05, 0) is 43.7 Å². The molecule has 106 valence electrons. The second-order valence-electron chi connectivity index (χ2n) is 4.57. The van der Waals surface area contributed by atoms with Crippen molar-refractivity contribution in [1.29, 1.82) is 0 Å². The molecule has 0 aliphatic carbocycles. The monoisotopic (exact) mass is 282 g/mol. The van der Waals surface area contributed by atoms with E-state index >= 15 is 0 Å². The molecule has 5 heteroatoms. The van der Waals surface area contributed by atoms with Crippen LogP contribution in [0, 0.1) is 6.92 Å². The first-order valence-electron chi connectivity index (χ1n) is 6.30. The van der Waals surface area contributed by atoms with Gasteiger partial charge in [0.05, 0.1) is 18.6 Å². The normalized spacial score (nSPS) is 12.0. The topological polar surface area (TPSA) is 64.3 Å². The molecule has 3 N–H and O–H groups in total. The van der Waals surface area contributed by atoms with E-state index in [0.29, 0.717) is 11.5 Å². The zero-order valence-electron chi connectivity index (χ0n) is 11.7. The Kier molecular flexibility index (Phi) is 6.73. The van der Waals surface area contributed by atoms with Gasteiger partial charge in [0, 0.05) is 6.04 Å². The molecule has 0 saturated heterocycles. The van der Waals surface area contributed by atoms with Crippen LogP contribution in [0.4, 0.5) is 5.69 Å². The van der Waals surface area contributed by atoms with Crippen LogP contribution >= 0.6 is 11.8 Å². The summed E-state index contributed by atoms with van der Waals surface area (Å²) in [6, 6.07) is 5.90. The van der Waals surface area contributed by atoms with Crippen molar-refractivity contribution in [1.82, 2.24) is 0 Å². The minimum absolute atomic E-state index is 0.0152. The number of nitrogens with two attached hydrogens (primary N) is 1. The number of nitrogens with one attached hydrogen (secondary N) is 1. The van der Waals surface area contributed by atoms with E-state index < -0.39 is 0 Å². The van der Waals surface area contributed by atoms with Crippen molar-refractivity contribution in [2.24, 2.45) is 5.73 Å². The quantitative estimate of drug-likeness (QED) is 0.754. The summed E-state index contributed by atoms with van der Waals surface area (Å²) in [6.07, 6.45) is 0.922. The van der Waals surface area contributed by atoms with E-state index in [0.717, 1.165) is 23.4 Å². The van der Waals surface area contributed by atoms with Gasteiger partial charge < -0.3 is 15.8 Å². The van der Waals surface area contributed by atoms with Crippen LogP contribution in [0.5, 0.6) is 5.75 Å². The summed E-state index contributed by atoms with van der Waals surface area (Å²) in [4.78, 5) is 11.8. The molecule has 0 saturated carbocycles. The second-order valence-corrected chi connectivity index (χ2v) is 5.68. The van der Waals surface area contributed by atoms with Crippen molar-refractivity contribution in [3.63, 3.8) is 0 Å². The summed E-state index contributed by atoms with van der Waals surface area (Å²) >= 11 is 1.59. The minimum atomic E-state index is -0.0152. The Balaban J connectivity index is 2.45. The number of aryl methyl sites for hydroxylation is 1. The molecule has 1 aromatic carbocycles. The molecular weight excluding hydrogens is 260 g/mol. The van der Waals surface area contributed by atoms with E-state index in [9.17, 15) is 4.79 Å². The molecule has 4 nitrogen and oxygen atoms in total. The van der Waals surface area contributed by atoms with E-state index in [4.69, 9.17) is 10.5 Å². The smallest absolute Gasteiger partial charge is 0.234 e. The highest BCUT2D eigenvalue weighted by Gasteiger charge is 2.08.